The van der Waals surface area contributed by atoms with Gasteiger partial charge in [-0.3, -0.25) is 9.69 Å². The minimum Gasteiger partial charge on any atom is -0.481 e. The molecule has 2 aliphatic rings. The van der Waals surface area contributed by atoms with Gasteiger partial charge in [0.25, 0.3) is 0 Å². The molecule has 1 saturated heterocycles. The topological polar surface area (TPSA) is 59.0 Å². The highest BCUT2D eigenvalue weighted by Gasteiger charge is 2.38. The van der Waals surface area contributed by atoms with Crippen molar-refractivity contribution in [3.05, 3.63) is 23.8 Å². The van der Waals surface area contributed by atoms with Gasteiger partial charge in [-0.25, -0.2) is 0 Å². The number of fused-ring (bicyclic) bond motifs is 1. The van der Waals surface area contributed by atoms with Crippen molar-refractivity contribution < 1.29 is 19.4 Å². The third kappa shape index (κ3) is 1.71. The van der Waals surface area contributed by atoms with Crippen LogP contribution in [-0.4, -0.2) is 36.4 Å². The predicted molar refractivity (Wildman–Crippen MR) is 63.7 cm³/mol. The van der Waals surface area contributed by atoms with Crippen LogP contribution < -0.4 is 9.47 Å². The first-order chi connectivity index (χ1) is 8.66. The third-order valence-corrected chi connectivity index (χ3v) is 3.70. The molecule has 1 aromatic rings. The molecule has 0 spiro atoms. The molecular formula is C13H15NO4. The third-order valence-electron chi connectivity index (χ3n) is 3.70. The second-order valence-electron chi connectivity index (χ2n) is 4.77. The van der Waals surface area contributed by atoms with Crippen LogP contribution in [0.25, 0.3) is 0 Å². The quantitative estimate of drug-likeness (QED) is 0.860. The van der Waals surface area contributed by atoms with Crippen LogP contribution in [0.4, 0.5) is 0 Å². The second-order valence-corrected chi connectivity index (χ2v) is 4.77. The highest BCUT2D eigenvalue weighted by atomic mass is 16.7. The highest BCUT2D eigenvalue weighted by Crippen LogP contribution is 2.40. The Labute approximate surface area is 105 Å². The normalized spacial score (nSPS) is 26.5. The molecule has 1 fully saturated rings. The summed E-state index contributed by atoms with van der Waals surface area (Å²) in [5.74, 6) is 0.348. The molecule has 2 heterocycles. The lowest BCUT2D eigenvalue weighted by Gasteiger charge is -2.23. The molecule has 2 aliphatic heterocycles. The van der Waals surface area contributed by atoms with E-state index in [0.29, 0.717) is 12.2 Å². The number of hydrogen-bond acceptors (Lipinski definition) is 4. The van der Waals surface area contributed by atoms with Crippen LogP contribution in [0.15, 0.2) is 18.2 Å². The summed E-state index contributed by atoms with van der Waals surface area (Å²) in [6.07, 6.45) is 0.685. The maximum absolute atomic E-state index is 11.3. The molecule has 1 aromatic carbocycles. The van der Waals surface area contributed by atoms with Crippen LogP contribution in [-0.2, 0) is 4.79 Å². The van der Waals surface area contributed by atoms with Crippen molar-refractivity contribution in [2.24, 2.45) is 5.92 Å². The molecule has 0 bridgehead atoms. The van der Waals surface area contributed by atoms with E-state index < -0.39 is 5.97 Å². The summed E-state index contributed by atoms with van der Waals surface area (Å²) >= 11 is 0. The van der Waals surface area contributed by atoms with E-state index in [1.165, 1.54) is 0 Å². The van der Waals surface area contributed by atoms with E-state index in [2.05, 4.69) is 4.90 Å². The first-order valence-corrected chi connectivity index (χ1v) is 5.99. The van der Waals surface area contributed by atoms with Crippen molar-refractivity contribution in [3.63, 3.8) is 0 Å². The van der Waals surface area contributed by atoms with Crippen molar-refractivity contribution in [1.82, 2.24) is 4.90 Å². The molecule has 0 aliphatic carbocycles. The van der Waals surface area contributed by atoms with E-state index in [1.54, 1.807) is 0 Å². The van der Waals surface area contributed by atoms with E-state index in [0.717, 1.165) is 17.9 Å². The monoisotopic (exact) mass is 249 g/mol. The molecule has 0 aromatic heterocycles. The van der Waals surface area contributed by atoms with Crippen LogP contribution in [0.2, 0.25) is 0 Å². The number of nitrogens with zero attached hydrogens (tertiary/aromatic N) is 1. The number of carboxylic acids is 1. The molecule has 3 rings (SSSR count). The Morgan fingerprint density at radius 3 is 2.94 bits per heavy atom. The van der Waals surface area contributed by atoms with Gasteiger partial charge in [-0.15, -0.1) is 0 Å². The maximum atomic E-state index is 11.3. The largest absolute Gasteiger partial charge is 0.481 e. The zero-order chi connectivity index (χ0) is 12.7. The number of carboxylic acid groups (broad SMARTS) is 1. The van der Waals surface area contributed by atoms with Gasteiger partial charge >= 0.3 is 5.97 Å². The maximum Gasteiger partial charge on any atom is 0.308 e. The van der Waals surface area contributed by atoms with E-state index in [-0.39, 0.29) is 18.8 Å². The highest BCUT2D eigenvalue weighted by molar-refractivity contribution is 5.72. The average molecular weight is 249 g/mol. The van der Waals surface area contributed by atoms with Gasteiger partial charge in [0.15, 0.2) is 11.5 Å². The number of rotatable bonds is 2. The van der Waals surface area contributed by atoms with E-state index in [4.69, 9.17) is 9.47 Å². The fourth-order valence-corrected chi connectivity index (χ4v) is 2.79. The number of aliphatic carboxylic acids is 1. The van der Waals surface area contributed by atoms with Gasteiger partial charge in [-0.05, 0) is 37.7 Å². The fraction of sp³-hybridized carbons (Fsp3) is 0.462. The number of ether oxygens (including phenoxy) is 2. The number of benzene rings is 1. The summed E-state index contributed by atoms with van der Waals surface area (Å²) in [5, 5.41) is 9.27. The molecule has 0 radical (unpaired) electrons. The standard InChI is InChI=1S/C13H15NO4/c1-14-5-4-9(13(15)16)12(14)8-2-3-10-11(6-8)18-7-17-10/h2-3,6,9,12H,4-5,7H2,1H3,(H,15,16)/t9-,12+/m0/s1. The first kappa shape index (κ1) is 11.3. The Balaban J connectivity index is 1.95. The summed E-state index contributed by atoms with van der Waals surface area (Å²) in [7, 11) is 1.96. The zero-order valence-corrected chi connectivity index (χ0v) is 10.1. The van der Waals surface area contributed by atoms with Gasteiger partial charge in [-0.1, -0.05) is 6.07 Å². The lowest BCUT2D eigenvalue weighted by atomic mass is 9.93. The Morgan fingerprint density at radius 2 is 2.17 bits per heavy atom. The van der Waals surface area contributed by atoms with E-state index in [9.17, 15) is 9.90 Å². The SMILES string of the molecule is CN1CC[C@H](C(=O)O)[C@H]1c1ccc2c(c1)OCO2. The minimum atomic E-state index is -0.734. The van der Waals surface area contributed by atoms with Crippen molar-refractivity contribution in [3.8, 4) is 11.5 Å². The fourth-order valence-electron chi connectivity index (χ4n) is 2.79. The van der Waals surface area contributed by atoms with Crippen LogP contribution in [0.5, 0.6) is 11.5 Å². The van der Waals surface area contributed by atoms with Crippen molar-refractivity contribution in [2.75, 3.05) is 20.4 Å². The Kier molecular flexibility index (Phi) is 2.63. The number of hydrogen-bond donors (Lipinski definition) is 1. The summed E-state index contributed by atoms with van der Waals surface area (Å²) in [6.45, 7) is 1.04. The van der Waals surface area contributed by atoms with Crippen molar-refractivity contribution in [2.45, 2.75) is 12.5 Å². The van der Waals surface area contributed by atoms with E-state index in [1.807, 2.05) is 25.2 Å². The Bertz CT molecular complexity index is 488. The second kappa shape index (κ2) is 4.17. The molecule has 0 unspecified atom stereocenters. The van der Waals surface area contributed by atoms with Crippen molar-refractivity contribution in [1.29, 1.82) is 0 Å². The molecule has 1 N–H and O–H groups in total. The molecule has 5 heteroatoms. The van der Waals surface area contributed by atoms with Crippen LogP contribution in [0.1, 0.15) is 18.0 Å². The van der Waals surface area contributed by atoms with Crippen LogP contribution >= 0.6 is 0 Å². The summed E-state index contributed by atoms with van der Waals surface area (Å²) in [4.78, 5) is 13.4. The van der Waals surface area contributed by atoms with Gasteiger partial charge in [0.1, 0.15) is 0 Å². The summed E-state index contributed by atoms with van der Waals surface area (Å²) in [5.41, 5.74) is 0.978. The smallest absolute Gasteiger partial charge is 0.308 e. The van der Waals surface area contributed by atoms with Crippen LogP contribution in [0, 0.1) is 5.92 Å². The molecular weight excluding hydrogens is 234 g/mol. The van der Waals surface area contributed by atoms with Gasteiger partial charge in [0.2, 0.25) is 6.79 Å². The molecule has 18 heavy (non-hydrogen) atoms. The number of carbonyl (C=O) groups is 1. The lowest BCUT2D eigenvalue weighted by Crippen LogP contribution is -2.25. The molecule has 0 amide bonds. The lowest BCUT2D eigenvalue weighted by molar-refractivity contribution is -0.142. The Hall–Kier alpha value is -1.75. The molecule has 0 saturated carbocycles. The molecule has 2 atom stereocenters. The summed E-state index contributed by atoms with van der Waals surface area (Å²) in [6, 6.07) is 5.58. The summed E-state index contributed by atoms with van der Waals surface area (Å²) < 4.78 is 10.6. The molecule has 5 nitrogen and oxygen atoms in total. The number of likely N-dealkylation sites (tertiary alicyclic amines) is 1. The van der Waals surface area contributed by atoms with Crippen molar-refractivity contribution >= 4 is 5.97 Å². The minimum absolute atomic E-state index is 0.0861. The van der Waals surface area contributed by atoms with Gasteiger partial charge in [-0.2, -0.15) is 0 Å². The molecule has 96 valence electrons. The van der Waals surface area contributed by atoms with E-state index >= 15 is 0 Å². The van der Waals surface area contributed by atoms with Gasteiger partial charge < -0.3 is 14.6 Å². The van der Waals surface area contributed by atoms with Gasteiger partial charge in [0.05, 0.1) is 5.92 Å². The Morgan fingerprint density at radius 1 is 1.39 bits per heavy atom. The zero-order valence-electron chi connectivity index (χ0n) is 10.1. The van der Waals surface area contributed by atoms with Gasteiger partial charge in [0, 0.05) is 6.04 Å². The average Bonchev–Trinajstić information content (AvgIpc) is 2.93. The van der Waals surface area contributed by atoms with Crippen LogP contribution in [0.3, 0.4) is 0 Å². The predicted octanol–water partition coefficient (Wildman–Crippen LogP) is 1.49. The first-order valence-electron chi connectivity index (χ1n) is 5.99.